The highest BCUT2D eigenvalue weighted by Crippen LogP contribution is 2.16. The number of benzene rings is 1. The molecule has 0 aliphatic heterocycles. The van der Waals surface area contributed by atoms with Gasteiger partial charge < -0.3 is 15.2 Å². The fraction of sp³-hybridized carbons (Fsp3) is 0.250. The van der Waals surface area contributed by atoms with Gasteiger partial charge >= 0.3 is 6.09 Å². The Kier molecular flexibility index (Phi) is 4.39. The van der Waals surface area contributed by atoms with E-state index in [1.807, 2.05) is 31.2 Å². The van der Waals surface area contributed by atoms with Crippen molar-refractivity contribution >= 4 is 11.7 Å². The second-order valence-corrected chi connectivity index (χ2v) is 3.32. The third kappa shape index (κ3) is 4.04. The van der Waals surface area contributed by atoms with Crippen LogP contribution in [0.5, 0.6) is 5.75 Å². The Morgan fingerprint density at radius 1 is 1.31 bits per heavy atom. The topological polar surface area (TPSA) is 61.6 Å². The van der Waals surface area contributed by atoms with Crippen molar-refractivity contribution < 1.29 is 14.3 Å². The van der Waals surface area contributed by atoms with Crippen molar-refractivity contribution in [3.63, 3.8) is 0 Å². The van der Waals surface area contributed by atoms with Crippen molar-refractivity contribution in [2.24, 2.45) is 5.73 Å². The van der Waals surface area contributed by atoms with Crippen LogP contribution in [0.2, 0.25) is 0 Å². The molecule has 1 rings (SSSR count). The quantitative estimate of drug-likeness (QED) is 0.775. The summed E-state index contributed by atoms with van der Waals surface area (Å²) in [6.45, 7) is 6.22. The molecule has 4 nitrogen and oxygen atoms in total. The molecular formula is C12H15NO3. The fourth-order valence-electron chi connectivity index (χ4n) is 1.14. The van der Waals surface area contributed by atoms with Gasteiger partial charge in [0.05, 0.1) is 0 Å². The number of nitrogens with two attached hydrogens (primary N) is 1. The first kappa shape index (κ1) is 12.1. The van der Waals surface area contributed by atoms with Crippen LogP contribution in [0.3, 0.4) is 0 Å². The maximum atomic E-state index is 10.3. The minimum Gasteiger partial charge on any atom is -0.490 e. The summed E-state index contributed by atoms with van der Waals surface area (Å²) in [7, 11) is 0. The molecule has 4 heteroatoms. The molecule has 0 saturated heterocycles. The fourth-order valence-corrected chi connectivity index (χ4v) is 1.14. The van der Waals surface area contributed by atoms with Crippen LogP contribution < -0.4 is 10.5 Å². The van der Waals surface area contributed by atoms with Crippen molar-refractivity contribution in [1.29, 1.82) is 0 Å². The van der Waals surface area contributed by atoms with Gasteiger partial charge in [0, 0.05) is 0 Å². The molecule has 0 aliphatic carbocycles. The lowest BCUT2D eigenvalue weighted by molar-refractivity contribution is 0.134. The largest absolute Gasteiger partial charge is 0.490 e. The average Bonchev–Trinajstić information content (AvgIpc) is 2.25. The third-order valence-corrected chi connectivity index (χ3v) is 1.94. The predicted octanol–water partition coefficient (Wildman–Crippen LogP) is 2.19. The molecule has 0 aromatic heterocycles. The zero-order valence-electron chi connectivity index (χ0n) is 9.23. The van der Waals surface area contributed by atoms with Crippen LogP contribution >= 0.6 is 0 Å². The number of ether oxygens (including phenoxy) is 2. The van der Waals surface area contributed by atoms with E-state index in [0.717, 1.165) is 16.9 Å². The van der Waals surface area contributed by atoms with Gasteiger partial charge in [-0.1, -0.05) is 24.3 Å². The maximum Gasteiger partial charge on any atom is 0.404 e. The molecule has 0 fully saturated rings. The minimum atomic E-state index is -0.791. The van der Waals surface area contributed by atoms with E-state index in [0.29, 0.717) is 0 Å². The number of rotatable bonds is 5. The van der Waals surface area contributed by atoms with Crippen molar-refractivity contribution in [3.8, 4) is 5.75 Å². The van der Waals surface area contributed by atoms with Gasteiger partial charge in [-0.05, 0) is 24.6 Å². The second kappa shape index (κ2) is 5.80. The van der Waals surface area contributed by atoms with Gasteiger partial charge in [-0.2, -0.15) is 0 Å². The molecule has 1 aromatic carbocycles. The van der Waals surface area contributed by atoms with Crippen molar-refractivity contribution in [3.05, 3.63) is 36.4 Å². The Hall–Kier alpha value is -1.97. The van der Waals surface area contributed by atoms with E-state index in [1.165, 1.54) is 0 Å². The Labute approximate surface area is 94.7 Å². The monoisotopic (exact) mass is 221 g/mol. The van der Waals surface area contributed by atoms with Crippen LogP contribution in [0.15, 0.2) is 30.8 Å². The minimum absolute atomic E-state index is 0.150. The summed E-state index contributed by atoms with van der Waals surface area (Å²) in [5.74, 6) is 0.720. The molecule has 1 aromatic rings. The van der Waals surface area contributed by atoms with Gasteiger partial charge in [-0.3, -0.25) is 0 Å². The molecule has 1 amide bonds. The molecule has 0 heterocycles. The summed E-state index contributed by atoms with van der Waals surface area (Å²) in [5.41, 5.74) is 6.87. The molecule has 0 saturated carbocycles. The second-order valence-electron chi connectivity index (χ2n) is 3.32. The number of hydrogen-bond donors (Lipinski definition) is 1. The molecule has 0 aliphatic rings. The van der Waals surface area contributed by atoms with Crippen LogP contribution in [-0.2, 0) is 4.74 Å². The van der Waals surface area contributed by atoms with Gasteiger partial charge in [-0.15, -0.1) is 0 Å². The summed E-state index contributed by atoms with van der Waals surface area (Å²) in [6, 6.07) is 7.53. The van der Waals surface area contributed by atoms with Crippen LogP contribution in [0.25, 0.3) is 5.57 Å². The molecule has 0 spiro atoms. The highest BCUT2D eigenvalue weighted by molar-refractivity contribution is 5.64. The van der Waals surface area contributed by atoms with E-state index >= 15 is 0 Å². The van der Waals surface area contributed by atoms with Gasteiger partial charge in [0.2, 0.25) is 0 Å². The zero-order valence-corrected chi connectivity index (χ0v) is 9.23. The van der Waals surface area contributed by atoms with Crippen LogP contribution in [-0.4, -0.2) is 19.3 Å². The van der Waals surface area contributed by atoms with E-state index in [2.05, 4.69) is 11.3 Å². The van der Waals surface area contributed by atoms with E-state index in [4.69, 9.17) is 10.5 Å². The molecule has 0 radical (unpaired) electrons. The standard InChI is InChI=1S/C12H15NO3/c1-9(2)10-3-5-11(6-4-10)15-7-8-16-12(13)14/h3-6H,1,7-8H2,2H3,(H2,13,14). The number of primary amides is 1. The van der Waals surface area contributed by atoms with Crippen LogP contribution in [0, 0.1) is 0 Å². The molecule has 0 atom stereocenters. The normalized spacial score (nSPS) is 9.56. The summed E-state index contributed by atoms with van der Waals surface area (Å²) < 4.78 is 9.85. The number of carbonyl (C=O) groups is 1. The summed E-state index contributed by atoms with van der Waals surface area (Å²) in [6.07, 6.45) is -0.791. The Morgan fingerprint density at radius 3 is 2.44 bits per heavy atom. The number of allylic oxidation sites excluding steroid dienone is 1. The summed E-state index contributed by atoms with van der Waals surface area (Å²) in [4.78, 5) is 10.3. The molecule has 86 valence electrons. The van der Waals surface area contributed by atoms with E-state index in [-0.39, 0.29) is 13.2 Å². The predicted molar refractivity (Wildman–Crippen MR) is 62.2 cm³/mol. The lowest BCUT2D eigenvalue weighted by atomic mass is 10.1. The summed E-state index contributed by atoms with van der Waals surface area (Å²) in [5, 5.41) is 0. The van der Waals surface area contributed by atoms with Gasteiger partial charge in [0.25, 0.3) is 0 Å². The molecule has 0 unspecified atom stereocenters. The zero-order chi connectivity index (χ0) is 12.0. The Balaban J connectivity index is 2.38. The van der Waals surface area contributed by atoms with Crippen LogP contribution in [0.1, 0.15) is 12.5 Å². The van der Waals surface area contributed by atoms with Crippen molar-refractivity contribution in [2.75, 3.05) is 13.2 Å². The van der Waals surface area contributed by atoms with E-state index in [1.54, 1.807) is 0 Å². The van der Waals surface area contributed by atoms with Gasteiger partial charge in [0.15, 0.2) is 0 Å². The van der Waals surface area contributed by atoms with E-state index < -0.39 is 6.09 Å². The molecule has 16 heavy (non-hydrogen) atoms. The Bertz CT molecular complexity index is 370. The first-order valence-electron chi connectivity index (χ1n) is 4.90. The first-order valence-corrected chi connectivity index (χ1v) is 4.90. The summed E-state index contributed by atoms with van der Waals surface area (Å²) >= 11 is 0. The number of carbonyl (C=O) groups excluding carboxylic acids is 1. The van der Waals surface area contributed by atoms with Gasteiger partial charge in [0.1, 0.15) is 19.0 Å². The molecule has 2 N–H and O–H groups in total. The lowest BCUT2D eigenvalue weighted by Crippen LogP contribution is -2.17. The SMILES string of the molecule is C=C(C)c1ccc(OCCOC(N)=O)cc1. The average molecular weight is 221 g/mol. The third-order valence-electron chi connectivity index (χ3n) is 1.94. The van der Waals surface area contributed by atoms with E-state index in [9.17, 15) is 4.79 Å². The highest BCUT2D eigenvalue weighted by Gasteiger charge is 1.97. The van der Waals surface area contributed by atoms with Crippen molar-refractivity contribution in [1.82, 2.24) is 0 Å². The first-order chi connectivity index (χ1) is 7.59. The number of amides is 1. The molecule has 0 bridgehead atoms. The van der Waals surface area contributed by atoms with Gasteiger partial charge in [-0.25, -0.2) is 4.79 Å². The highest BCUT2D eigenvalue weighted by atomic mass is 16.6. The number of hydrogen-bond acceptors (Lipinski definition) is 3. The Morgan fingerprint density at radius 2 is 1.94 bits per heavy atom. The van der Waals surface area contributed by atoms with Crippen molar-refractivity contribution in [2.45, 2.75) is 6.92 Å². The maximum absolute atomic E-state index is 10.3. The smallest absolute Gasteiger partial charge is 0.404 e. The molecular weight excluding hydrogens is 206 g/mol. The lowest BCUT2D eigenvalue weighted by Gasteiger charge is -2.07. The van der Waals surface area contributed by atoms with Crippen LogP contribution in [0.4, 0.5) is 4.79 Å².